The average Bonchev–Trinajstić information content (AvgIpc) is 3.14. The van der Waals surface area contributed by atoms with Crippen LogP contribution in [0.4, 0.5) is 5.69 Å². The van der Waals surface area contributed by atoms with Crippen molar-refractivity contribution in [3.05, 3.63) is 80.7 Å². The van der Waals surface area contributed by atoms with Gasteiger partial charge in [-0.2, -0.15) is 0 Å². The molecule has 0 amide bonds. The molecule has 0 atom stereocenters. The number of rotatable bonds is 5. The molecule has 2 N–H and O–H groups in total. The average molecular weight is 399 g/mol. The SMILES string of the molecule is Cc1cc(C(=O)O)cc(C(=O)O)c1.Cc1cc(Cn2cnnn2)ccc1[N+](=O)[O-]. The zero-order chi connectivity index (χ0) is 21.6. The molecule has 1 aromatic heterocycles. The Morgan fingerprint density at radius 1 is 1.07 bits per heavy atom. The molecule has 11 heteroatoms. The van der Waals surface area contributed by atoms with Crippen LogP contribution in [0, 0.1) is 24.0 Å². The van der Waals surface area contributed by atoms with E-state index in [1.165, 1.54) is 24.5 Å². The molecule has 150 valence electrons. The van der Waals surface area contributed by atoms with Gasteiger partial charge in [-0.1, -0.05) is 6.07 Å². The Hall–Kier alpha value is -4.15. The van der Waals surface area contributed by atoms with Gasteiger partial charge in [0.2, 0.25) is 0 Å². The van der Waals surface area contributed by atoms with E-state index in [4.69, 9.17) is 10.2 Å². The van der Waals surface area contributed by atoms with Crippen LogP contribution >= 0.6 is 0 Å². The molecule has 0 aliphatic heterocycles. The summed E-state index contributed by atoms with van der Waals surface area (Å²) in [6.07, 6.45) is 1.50. The van der Waals surface area contributed by atoms with Crippen molar-refractivity contribution < 1.29 is 24.7 Å². The highest BCUT2D eigenvalue weighted by Crippen LogP contribution is 2.19. The number of carboxylic acids is 2. The number of hydrogen-bond acceptors (Lipinski definition) is 7. The van der Waals surface area contributed by atoms with E-state index in [1.54, 1.807) is 30.7 Å². The van der Waals surface area contributed by atoms with Crippen molar-refractivity contribution in [3.63, 3.8) is 0 Å². The maximum absolute atomic E-state index is 10.6. The lowest BCUT2D eigenvalue weighted by atomic mass is 10.1. The van der Waals surface area contributed by atoms with Crippen molar-refractivity contribution in [3.8, 4) is 0 Å². The van der Waals surface area contributed by atoms with Crippen molar-refractivity contribution >= 4 is 17.6 Å². The Kier molecular flexibility index (Phi) is 6.69. The van der Waals surface area contributed by atoms with E-state index in [9.17, 15) is 19.7 Å². The first kappa shape index (κ1) is 21.2. The van der Waals surface area contributed by atoms with Gasteiger partial charge in [0.15, 0.2) is 0 Å². The Morgan fingerprint density at radius 3 is 2.14 bits per heavy atom. The van der Waals surface area contributed by atoms with Crippen LogP contribution in [0.25, 0.3) is 0 Å². The van der Waals surface area contributed by atoms with Gasteiger partial charge in [0, 0.05) is 11.6 Å². The van der Waals surface area contributed by atoms with Crippen molar-refractivity contribution in [1.29, 1.82) is 0 Å². The van der Waals surface area contributed by atoms with Gasteiger partial charge in [-0.3, -0.25) is 10.1 Å². The second kappa shape index (κ2) is 9.17. The van der Waals surface area contributed by atoms with E-state index < -0.39 is 16.9 Å². The van der Waals surface area contributed by atoms with Crippen LogP contribution in [-0.2, 0) is 6.54 Å². The Balaban J connectivity index is 0.000000212. The maximum atomic E-state index is 10.6. The fraction of sp³-hybridized carbons (Fsp3) is 0.167. The van der Waals surface area contributed by atoms with Crippen LogP contribution in [0.5, 0.6) is 0 Å². The molecule has 0 unspecified atom stereocenters. The zero-order valence-electron chi connectivity index (χ0n) is 15.5. The smallest absolute Gasteiger partial charge is 0.335 e. The summed E-state index contributed by atoms with van der Waals surface area (Å²) in [6, 6.07) is 8.95. The van der Waals surface area contributed by atoms with Gasteiger partial charge < -0.3 is 10.2 Å². The first-order chi connectivity index (χ1) is 13.7. The number of carbonyl (C=O) groups is 2. The number of aromatic nitrogens is 4. The third-order valence-electron chi connectivity index (χ3n) is 3.77. The molecule has 0 spiro atoms. The van der Waals surface area contributed by atoms with E-state index in [0.717, 1.165) is 11.6 Å². The van der Waals surface area contributed by atoms with Gasteiger partial charge in [0.25, 0.3) is 5.69 Å². The Morgan fingerprint density at radius 2 is 1.69 bits per heavy atom. The van der Waals surface area contributed by atoms with Crippen molar-refractivity contribution in [2.75, 3.05) is 0 Å². The Bertz CT molecular complexity index is 1020. The van der Waals surface area contributed by atoms with Crippen LogP contribution < -0.4 is 0 Å². The van der Waals surface area contributed by atoms with Gasteiger partial charge in [-0.15, -0.1) is 5.10 Å². The number of nitro groups is 1. The summed E-state index contributed by atoms with van der Waals surface area (Å²) in [5, 5.41) is 38.6. The zero-order valence-corrected chi connectivity index (χ0v) is 15.5. The molecular weight excluding hydrogens is 382 g/mol. The topological polar surface area (TPSA) is 161 Å². The van der Waals surface area contributed by atoms with Gasteiger partial charge in [-0.25, -0.2) is 14.3 Å². The monoisotopic (exact) mass is 399 g/mol. The largest absolute Gasteiger partial charge is 0.478 e. The molecule has 0 bridgehead atoms. The lowest BCUT2D eigenvalue weighted by molar-refractivity contribution is -0.385. The molecule has 0 fully saturated rings. The molecule has 0 saturated heterocycles. The first-order valence-corrected chi connectivity index (χ1v) is 8.20. The summed E-state index contributed by atoms with van der Waals surface area (Å²) in [5.74, 6) is -2.24. The van der Waals surface area contributed by atoms with Crippen LogP contribution in [0.3, 0.4) is 0 Å². The number of aromatic carboxylic acids is 2. The molecule has 0 aliphatic rings. The van der Waals surface area contributed by atoms with Crippen LogP contribution in [0.15, 0.2) is 42.7 Å². The molecule has 11 nitrogen and oxygen atoms in total. The molecule has 0 radical (unpaired) electrons. The number of nitro benzene ring substituents is 1. The van der Waals surface area contributed by atoms with Gasteiger partial charge in [0.05, 0.1) is 22.6 Å². The Labute approximate surface area is 164 Å². The second-order valence-corrected chi connectivity index (χ2v) is 6.08. The molecule has 0 aliphatic carbocycles. The van der Waals surface area contributed by atoms with Crippen molar-refractivity contribution in [2.24, 2.45) is 0 Å². The first-order valence-electron chi connectivity index (χ1n) is 8.20. The van der Waals surface area contributed by atoms with Gasteiger partial charge in [-0.05, 0) is 59.7 Å². The maximum Gasteiger partial charge on any atom is 0.335 e. The van der Waals surface area contributed by atoms with Gasteiger partial charge in [0.1, 0.15) is 6.33 Å². The van der Waals surface area contributed by atoms with Crippen LogP contribution in [-0.4, -0.2) is 47.3 Å². The lowest BCUT2D eigenvalue weighted by Gasteiger charge is -2.02. The van der Waals surface area contributed by atoms with E-state index in [0.29, 0.717) is 17.7 Å². The van der Waals surface area contributed by atoms with Gasteiger partial charge >= 0.3 is 11.9 Å². The highest BCUT2D eigenvalue weighted by molar-refractivity contribution is 5.94. The minimum Gasteiger partial charge on any atom is -0.478 e. The summed E-state index contributed by atoms with van der Waals surface area (Å²) in [7, 11) is 0. The lowest BCUT2D eigenvalue weighted by Crippen LogP contribution is -2.02. The highest BCUT2D eigenvalue weighted by atomic mass is 16.6. The minimum atomic E-state index is -1.12. The highest BCUT2D eigenvalue weighted by Gasteiger charge is 2.10. The van der Waals surface area contributed by atoms with E-state index in [-0.39, 0.29) is 16.8 Å². The number of nitrogens with zero attached hydrogens (tertiary/aromatic N) is 5. The molecular formula is C18H17N5O6. The molecule has 0 saturated carbocycles. The summed E-state index contributed by atoms with van der Waals surface area (Å²) >= 11 is 0. The fourth-order valence-electron chi connectivity index (χ4n) is 2.49. The predicted octanol–water partition coefficient (Wildman–Crippen LogP) is 2.33. The van der Waals surface area contributed by atoms with E-state index in [1.807, 2.05) is 0 Å². The number of hydrogen-bond donors (Lipinski definition) is 2. The van der Waals surface area contributed by atoms with E-state index in [2.05, 4.69) is 15.5 Å². The van der Waals surface area contributed by atoms with Crippen molar-refractivity contribution in [1.82, 2.24) is 20.2 Å². The fourth-order valence-corrected chi connectivity index (χ4v) is 2.49. The van der Waals surface area contributed by atoms with E-state index >= 15 is 0 Å². The number of aryl methyl sites for hydroxylation is 2. The molecule has 3 aromatic rings. The van der Waals surface area contributed by atoms with Crippen LogP contribution in [0.1, 0.15) is 37.4 Å². The van der Waals surface area contributed by atoms with Crippen molar-refractivity contribution in [2.45, 2.75) is 20.4 Å². The van der Waals surface area contributed by atoms with Crippen LogP contribution in [0.2, 0.25) is 0 Å². The quantitative estimate of drug-likeness (QED) is 0.484. The summed E-state index contributed by atoms with van der Waals surface area (Å²) in [4.78, 5) is 31.3. The summed E-state index contributed by atoms with van der Waals surface area (Å²) < 4.78 is 1.56. The molecule has 1 heterocycles. The number of carboxylic acid groups (broad SMARTS) is 2. The second-order valence-electron chi connectivity index (χ2n) is 6.08. The third kappa shape index (κ3) is 5.92. The molecule has 3 rings (SSSR count). The predicted molar refractivity (Wildman–Crippen MR) is 99.9 cm³/mol. The molecule has 29 heavy (non-hydrogen) atoms. The minimum absolute atomic E-state index is 0.00241. The normalized spacial score (nSPS) is 10.0. The molecule has 2 aromatic carbocycles. The third-order valence-corrected chi connectivity index (χ3v) is 3.77. The number of tetrazole rings is 1. The summed E-state index contributed by atoms with van der Waals surface area (Å²) in [5.41, 5.74) is 2.30. The standard InChI is InChI=1S/C9H9N5O2.C9H8O4/c1-7-4-8(2-3-9(7)14(15)16)5-13-6-10-11-12-13;1-5-2-6(8(10)11)4-7(3-5)9(12)13/h2-4,6H,5H2,1H3;2-4H,1H3,(H,10,11)(H,12,13). The number of benzene rings is 2. The summed E-state index contributed by atoms with van der Waals surface area (Å²) in [6.45, 7) is 3.87.